The van der Waals surface area contributed by atoms with Crippen molar-refractivity contribution in [2.75, 3.05) is 25.9 Å². The number of likely N-dealkylation sites (tertiary alicyclic amines) is 1. The maximum Gasteiger partial charge on any atom is 0.214 e. The molecule has 0 saturated carbocycles. The highest BCUT2D eigenvalue weighted by Crippen LogP contribution is 2.23. The zero-order valence-corrected chi connectivity index (χ0v) is 13.0. The SMILES string of the molecule is CCN1CCC(N(C)S(=O)(=O)CCCC#N)CC1C. The molecule has 1 rings (SSSR count). The van der Waals surface area contributed by atoms with E-state index in [9.17, 15) is 8.42 Å². The second-order valence-corrected chi connectivity index (χ2v) is 7.40. The molecule has 0 bridgehead atoms. The number of hydrogen-bond acceptors (Lipinski definition) is 4. The summed E-state index contributed by atoms with van der Waals surface area (Å²) in [7, 11) is -1.53. The number of piperidine rings is 1. The predicted molar refractivity (Wildman–Crippen MR) is 76.1 cm³/mol. The summed E-state index contributed by atoms with van der Waals surface area (Å²) in [5, 5.41) is 8.48. The molecule has 5 nitrogen and oxygen atoms in total. The highest BCUT2D eigenvalue weighted by atomic mass is 32.2. The van der Waals surface area contributed by atoms with Gasteiger partial charge in [-0.1, -0.05) is 6.92 Å². The Morgan fingerprint density at radius 1 is 1.47 bits per heavy atom. The van der Waals surface area contributed by atoms with E-state index in [4.69, 9.17) is 5.26 Å². The van der Waals surface area contributed by atoms with Crippen molar-refractivity contribution in [1.29, 1.82) is 5.26 Å². The quantitative estimate of drug-likeness (QED) is 0.693. The van der Waals surface area contributed by atoms with Crippen LogP contribution in [0.5, 0.6) is 0 Å². The smallest absolute Gasteiger partial charge is 0.214 e. The molecule has 0 aromatic heterocycles. The summed E-state index contributed by atoms with van der Waals surface area (Å²) in [6.45, 7) is 6.28. The van der Waals surface area contributed by atoms with E-state index < -0.39 is 10.0 Å². The molecule has 1 aliphatic heterocycles. The minimum Gasteiger partial charge on any atom is -0.301 e. The molecule has 2 atom stereocenters. The lowest BCUT2D eigenvalue weighted by atomic mass is 9.99. The van der Waals surface area contributed by atoms with Crippen LogP contribution >= 0.6 is 0 Å². The first-order chi connectivity index (χ1) is 8.92. The molecule has 1 fully saturated rings. The first-order valence-corrected chi connectivity index (χ1v) is 8.60. The van der Waals surface area contributed by atoms with Gasteiger partial charge in [0.05, 0.1) is 11.8 Å². The second-order valence-electron chi connectivity index (χ2n) is 5.25. The lowest BCUT2D eigenvalue weighted by Crippen LogP contribution is -2.49. The van der Waals surface area contributed by atoms with Gasteiger partial charge in [-0.05, 0) is 39.3 Å². The van der Waals surface area contributed by atoms with Crippen molar-refractivity contribution < 1.29 is 8.42 Å². The van der Waals surface area contributed by atoms with E-state index in [0.717, 1.165) is 25.9 Å². The third-order valence-corrected chi connectivity index (χ3v) is 6.02. The Balaban J connectivity index is 2.58. The molecule has 0 amide bonds. The third-order valence-electron chi connectivity index (χ3n) is 4.04. The topological polar surface area (TPSA) is 64.4 Å². The van der Waals surface area contributed by atoms with Crippen LogP contribution in [-0.2, 0) is 10.0 Å². The zero-order chi connectivity index (χ0) is 14.5. The van der Waals surface area contributed by atoms with Crippen LogP contribution in [-0.4, -0.2) is 55.6 Å². The summed E-state index contributed by atoms with van der Waals surface area (Å²) < 4.78 is 25.9. The van der Waals surface area contributed by atoms with Gasteiger partial charge in [0.25, 0.3) is 0 Å². The fourth-order valence-corrected chi connectivity index (χ4v) is 4.14. The Kier molecular flexibility index (Phi) is 6.24. The summed E-state index contributed by atoms with van der Waals surface area (Å²) in [6.07, 6.45) is 2.51. The number of hydrogen-bond donors (Lipinski definition) is 0. The summed E-state index contributed by atoms with van der Waals surface area (Å²) in [6, 6.07) is 2.52. The van der Waals surface area contributed by atoms with E-state index in [1.54, 1.807) is 7.05 Å². The van der Waals surface area contributed by atoms with Crippen molar-refractivity contribution in [3.63, 3.8) is 0 Å². The molecule has 2 unspecified atom stereocenters. The van der Waals surface area contributed by atoms with E-state index in [1.807, 2.05) is 6.07 Å². The molecule has 1 aliphatic rings. The molecule has 1 heterocycles. The summed E-state index contributed by atoms with van der Waals surface area (Å²) in [5.74, 6) is 0.0828. The van der Waals surface area contributed by atoms with Gasteiger partial charge in [-0.15, -0.1) is 0 Å². The van der Waals surface area contributed by atoms with Crippen LogP contribution in [0.1, 0.15) is 39.5 Å². The Morgan fingerprint density at radius 2 is 2.16 bits per heavy atom. The molecule has 0 N–H and O–H groups in total. The maximum absolute atomic E-state index is 12.2. The molecule has 0 aromatic rings. The van der Waals surface area contributed by atoms with Gasteiger partial charge in [0.2, 0.25) is 10.0 Å². The average molecular weight is 287 g/mol. The van der Waals surface area contributed by atoms with Gasteiger partial charge < -0.3 is 4.90 Å². The highest BCUT2D eigenvalue weighted by Gasteiger charge is 2.31. The Hall–Kier alpha value is -0.640. The molecule has 0 spiro atoms. The first-order valence-electron chi connectivity index (χ1n) is 6.99. The van der Waals surface area contributed by atoms with Crippen LogP contribution in [0.4, 0.5) is 0 Å². The van der Waals surface area contributed by atoms with E-state index in [2.05, 4.69) is 18.7 Å². The normalized spacial score (nSPS) is 25.4. The number of rotatable bonds is 6. The molecular formula is C13H25N3O2S. The first kappa shape index (κ1) is 16.4. The molecular weight excluding hydrogens is 262 g/mol. The average Bonchev–Trinajstić information content (AvgIpc) is 2.38. The van der Waals surface area contributed by atoms with Gasteiger partial charge in [0.1, 0.15) is 0 Å². The van der Waals surface area contributed by atoms with Crippen molar-refractivity contribution in [1.82, 2.24) is 9.21 Å². The summed E-state index contributed by atoms with van der Waals surface area (Å²) in [5.41, 5.74) is 0. The summed E-state index contributed by atoms with van der Waals surface area (Å²) >= 11 is 0. The van der Waals surface area contributed by atoms with Crippen molar-refractivity contribution in [3.8, 4) is 6.07 Å². The highest BCUT2D eigenvalue weighted by molar-refractivity contribution is 7.89. The van der Waals surface area contributed by atoms with Gasteiger partial charge in [0, 0.05) is 25.6 Å². The predicted octanol–water partition coefficient (Wildman–Crippen LogP) is 1.42. The van der Waals surface area contributed by atoms with Crippen LogP contribution < -0.4 is 0 Å². The fourth-order valence-electron chi connectivity index (χ4n) is 2.70. The molecule has 110 valence electrons. The van der Waals surface area contributed by atoms with Gasteiger partial charge in [-0.3, -0.25) is 0 Å². The lowest BCUT2D eigenvalue weighted by molar-refractivity contribution is 0.121. The molecule has 0 radical (unpaired) electrons. The molecule has 6 heteroatoms. The lowest BCUT2D eigenvalue weighted by Gasteiger charge is -2.40. The van der Waals surface area contributed by atoms with Gasteiger partial charge in [-0.25, -0.2) is 12.7 Å². The molecule has 19 heavy (non-hydrogen) atoms. The van der Waals surface area contributed by atoms with Crippen molar-refractivity contribution >= 4 is 10.0 Å². The van der Waals surface area contributed by atoms with Crippen molar-refractivity contribution in [2.45, 2.75) is 51.6 Å². The minimum absolute atomic E-state index is 0.0828. The Morgan fingerprint density at radius 3 is 2.68 bits per heavy atom. The van der Waals surface area contributed by atoms with Crippen LogP contribution in [0.2, 0.25) is 0 Å². The van der Waals surface area contributed by atoms with Crippen molar-refractivity contribution in [3.05, 3.63) is 0 Å². The Labute approximate surface area is 117 Å². The van der Waals surface area contributed by atoms with Crippen LogP contribution in [0.3, 0.4) is 0 Å². The maximum atomic E-state index is 12.2. The van der Waals surface area contributed by atoms with Crippen LogP contribution in [0.25, 0.3) is 0 Å². The van der Waals surface area contributed by atoms with Gasteiger partial charge in [-0.2, -0.15) is 5.26 Å². The standard InChI is InChI=1S/C13H25N3O2S/c1-4-16-9-7-13(11-12(16)2)15(3)19(17,18)10-6-5-8-14/h12-13H,4-7,9-11H2,1-3H3. The monoisotopic (exact) mass is 287 g/mol. The summed E-state index contributed by atoms with van der Waals surface area (Å²) in [4.78, 5) is 2.38. The van der Waals surface area contributed by atoms with Gasteiger partial charge in [0.15, 0.2) is 0 Å². The number of nitriles is 1. The molecule has 1 saturated heterocycles. The largest absolute Gasteiger partial charge is 0.301 e. The van der Waals surface area contributed by atoms with E-state index in [0.29, 0.717) is 18.9 Å². The molecule has 0 aliphatic carbocycles. The van der Waals surface area contributed by atoms with E-state index >= 15 is 0 Å². The zero-order valence-electron chi connectivity index (χ0n) is 12.2. The fraction of sp³-hybridized carbons (Fsp3) is 0.923. The second kappa shape index (κ2) is 7.22. The third kappa shape index (κ3) is 4.44. The van der Waals surface area contributed by atoms with Gasteiger partial charge >= 0.3 is 0 Å². The van der Waals surface area contributed by atoms with E-state index in [-0.39, 0.29) is 11.8 Å². The van der Waals surface area contributed by atoms with Crippen LogP contribution in [0.15, 0.2) is 0 Å². The molecule has 0 aromatic carbocycles. The van der Waals surface area contributed by atoms with E-state index in [1.165, 1.54) is 4.31 Å². The van der Waals surface area contributed by atoms with Crippen molar-refractivity contribution in [2.24, 2.45) is 0 Å². The van der Waals surface area contributed by atoms with Crippen LogP contribution in [0, 0.1) is 11.3 Å². The minimum atomic E-state index is -3.22. The Bertz CT molecular complexity index is 416. The number of unbranched alkanes of at least 4 members (excludes halogenated alkanes) is 1. The number of nitrogens with zero attached hydrogens (tertiary/aromatic N) is 3. The number of sulfonamides is 1.